The van der Waals surface area contributed by atoms with E-state index in [-0.39, 0.29) is 11.6 Å². The largest absolute Gasteiger partial charge is 0.393 e. The summed E-state index contributed by atoms with van der Waals surface area (Å²) in [4.78, 5) is 4.03. The number of rotatable bonds is 2. The molecule has 3 heteroatoms. The maximum atomic E-state index is 10.1. The first-order valence-electron chi connectivity index (χ1n) is 6.93. The third-order valence-corrected chi connectivity index (χ3v) is 5.41. The van der Waals surface area contributed by atoms with Gasteiger partial charge >= 0.3 is 0 Å². The van der Waals surface area contributed by atoms with Crippen LogP contribution >= 0.6 is 11.3 Å². The van der Waals surface area contributed by atoms with Crippen molar-refractivity contribution in [3.8, 4) is 0 Å². The number of nitrogens with zero attached hydrogens (tertiary/aromatic N) is 1. The molecule has 2 aliphatic rings. The summed E-state index contributed by atoms with van der Waals surface area (Å²) >= 11 is 1.85. The molecule has 0 aromatic carbocycles. The quantitative estimate of drug-likeness (QED) is 0.829. The van der Waals surface area contributed by atoms with Crippen molar-refractivity contribution in [1.82, 2.24) is 4.90 Å². The number of aliphatic hydroxyl groups is 1. The van der Waals surface area contributed by atoms with Crippen LogP contribution in [0.3, 0.4) is 0 Å². The lowest BCUT2D eigenvalue weighted by molar-refractivity contribution is -0.00467. The molecule has 1 aliphatic carbocycles. The maximum absolute atomic E-state index is 10.1. The summed E-state index contributed by atoms with van der Waals surface area (Å²) in [7, 11) is 0. The summed E-state index contributed by atoms with van der Waals surface area (Å²) in [6.45, 7) is 2.16. The second-order valence-corrected chi connectivity index (χ2v) is 6.41. The van der Waals surface area contributed by atoms with Crippen molar-refractivity contribution < 1.29 is 5.11 Å². The summed E-state index contributed by atoms with van der Waals surface area (Å²) in [6, 6.07) is 4.39. The van der Waals surface area contributed by atoms with Gasteiger partial charge in [0.1, 0.15) is 0 Å². The molecule has 2 unspecified atom stereocenters. The Hall–Kier alpha value is -0.640. The summed E-state index contributed by atoms with van der Waals surface area (Å²) in [5.41, 5.74) is 0.0938. The first-order valence-corrected chi connectivity index (χ1v) is 7.81. The van der Waals surface area contributed by atoms with Crippen molar-refractivity contribution in [1.29, 1.82) is 0 Å². The third-order valence-electron chi connectivity index (χ3n) is 4.34. The molecule has 18 heavy (non-hydrogen) atoms. The molecule has 0 spiro atoms. The zero-order valence-electron chi connectivity index (χ0n) is 10.7. The Kier molecular flexibility index (Phi) is 3.55. The van der Waals surface area contributed by atoms with E-state index in [0.29, 0.717) is 0 Å². The molecule has 1 saturated carbocycles. The lowest BCUT2D eigenvalue weighted by Gasteiger charge is -2.48. The van der Waals surface area contributed by atoms with Gasteiger partial charge in [-0.25, -0.2) is 0 Å². The molecule has 1 aliphatic heterocycles. The molecule has 1 fully saturated rings. The highest BCUT2D eigenvalue weighted by atomic mass is 32.1. The van der Waals surface area contributed by atoms with Gasteiger partial charge in [0, 0.05) is 18.0 Å². The minimum atomic E-state index is -0.133. The normalized spacial score (nSPS) is 33.7. The molecule has 1 aromatic heterocycles. The molecular formula is C15H21NOS. The molecule has 0 bridgehead atoms. The predicted molar refractivity (Wildman–Crippen MR) is 75.8 cm³/mol. The average Bonchev–Trinajstić information content (AvgIpc) is 2.94. The molecule has 1 aromatic rings. The van der Waals surface area contributed by atoms with Crippen molar-refractivity contribution in [2.45, 2.75) is 43.7 Å². The van der Waals surface area contributed by atoms with Crippen molar-refractivity contribution in [3.63, 3.8) is 0 Å². The molecule has 2 atom stereocenters. The van der Waals surface area contributed by atoms with Crippen LogP contribution in [-0.4, -0.2) is 29.2 Å². The Labute approximate surface area is 113 Å². The van der Waals surface area contributed by atoms with Gasteiger partial charge in [-0.05, 0) is 43.6 Å². The van der Waals surface area contributed by atoms with E-state index in [4.69, 9.17) is 0 Å². The van der Waals surface area contributed by atoms with Gasteiger partial charge < -0.3 is 5.11 Å². The minimum Gasteiger partial charge on any atom is -0.393 e. The van der Waals surface area contributed by atoms with Gasteiger partial charge in [-0.1, -0.05) is 18.2 Å². The number of hydrogen-bond donors (Lipinski definition) is 1. The lowest BCUT2D eigenvalue weighted by Crippen LogP contribution is -2.51. The Bertz CT molecular complexity index is 414. The van der Waals surface area contributed by atoms with Gasteiger partial charge in [-0.2, -0.15) is 0 Å². The van der Waals surface area contributed by atoms with E-state index in [1.807, 2.05) is 11.3 Å². The number of thiophene rings is 1. The molecule has 0 amide bonds. The van der Waals surface area contributed by atoms with Crippen molar-refractivity contribution >= 4 is 11.3 Å². The summed E-state index contributed by atoms with van der Waals surface area (Å²) in [5, 5.41) is 12.3. The minimum absolute atomic E-state index is 0.0938. The van der Waals surface area contributed by atoms with Crippen LogP contribution in [0.1, 0.15) is 37.0 Å². The zero-order valence-corrected chi connectivity index (χ0v) is 11.5. The van der Waals surface area contributed by atoms with Gasteiger partial charge in [0.2, 0.25) is 0 Å². The van der Waals surface area contributed by atoms with Gasteiger partial charge in [0.25, 0.3) is 0 Å². The smallest absolute Gasteiger partial charge is 0.0581 e. The van der Waals surface area contributed by atoms with E-state index >= 15 is 0 Å². The van der Waals surface area contributed by atoms with Crippen LogP contribution in [-0.2, 0) is 5.54 Å². The van der Waals surface area contributed by atoms with E-state index < -0.39 is 0 Å². The van der Waals surface area contributed by atoms with Gasteiger partial charge in [0.05, 0.1) is 11.6 Å². The van der Waals surface area contributed by atoms with Crippen molar-refractivity contribution in [2.75, 3.05) is 13.1 Å². The highest BCUT2D eigenvalue weighted by molar-refractivity contribution is 7.10. The fourth-order valence-electron chi connectivity index (χ4n) is 3.46. The number of hydrogen-bond acceptors (Lipinski definition) is 3. The Balaban J connectivity index is 1.94. The molecule has 0 saturated heterocycles. The summed E-state index contributed by atoms with van der Waals surface area (Å²) < 4.78 is 0. The van der Waals surface area contributed by atoms with E-state index in [9.17, 15) is 5.11 Å². The van der Waals surface area contributed by atoms with Crippen LogP contribution in [0.5, 0.6) is 0 Å². The lowest BCUT2D eigenvalue weighted by atomic mass is 9.77. The van der Waals surface area contributed by atoms with E-state index in [2.05, 4.69) is 34.6 Å². The molecular weight excluding hydrogens is 242 g/mol. The van der Waals surface area contributed by atoms with Crippen LogP contribution in [0.15, 0.2) is 29.7 Å². The van der Waals surface area contributed by atoms with Crippen LogP contribution in [0.25, 0.3) is 0 Å². The maximum Gasteiger partial charge on any atom is 0.0581 e. The predicted octanol–water partition coefficient (Wildman–Crippen LogP) is 3.14. The average molecular weight is 263 g/mol. The summed E-state index contributed by atoms with van der Waals surface area (Å²) in [6.07, 6.45) is 9.77. The van der Waals surface area contributed by atoms with Gasteiger partial charge in [-0.15, -0.1) is 11.3 Å². The first-order chi connectivity index (χ1) is 8.81. The molecule has 3 rings (SSSR count). The molecule has 2 heterocycles. The van der Waals surface area contributed by atoms with Crippen LogP contribution in [0.4, 0.5) is 0 Å². The summed E-state index contributed by atoms with van der Waals surface area (Å²) in [5.74, 6) is 0. The van der Waals surface area contributed by atoms with Crippen LogP contribution < -0.4 is 0 Å². The molecule has 2 nitrogen and oxygen atoms in total. The highest BCUT2D eigenvalue weighted by Gasteiger charge is 2.42. The van der Waals surface area contributed by atoms with Crippen LogP contribution in [0.2, 0.25) is 0 Å². The molecule has 1 N–H and O–H groups in total. The topological polar surface area (TPSA) is 23.5 Å². The SMILES string of the molecule is OC1CCCC(c2cccs2)(N2CC=CCC2)C1. The standard InChI is InChI=1S/C15H21NOS/c17-13-6-4-8-15(12-13,14-7-5-11-18-14)16-9-2-1-3-10-16/h1-2,5,7,11,13,17H,3-4,6,8-10,12H2. The van der Waals surface area contributed by atoms with Gasteiger partial charge in [-0.3, -0.25) is 4.90 Å². The van der Waals surface area contributed by atoms with Crippen molar-refractivity contribution in [2.24, 2.45) is 0 Å². The Morgan fingerprint density at radius 3 is 3.00 bits per heavy atom. The fraction of sp³-hybridized carbons (Fsp3) is 0.600. The highest BCUT2D eigenvalue weighted by Crippen LogP contribution is 2.44. The molecule has 0 radical (unpaired) electrons. The Morgan fingerprint density at radius 2 is 2.33 bits per heavy atom. The monoisotopic (exact) mass is 263 g/mol. The Morgan fingerprint density at radius 1 is 1.39 bits per heavy atom. The van der Waals surface area contributed by atoms with E-state index in [1.165, 1.54) is 11.3 Å². The molecule has 98 valence electrons. The van der Waals surface area contributed by atoms with E-state index in [0.717, 1.165) is 38.8 Å². The first kappa shape index (κ1) is 12.4. The van der Waals surface area contributed by atoms with Crippen LogP contribution in [0, 0.1) is 0 Å². The zero-order chi connectivity index (χ0) is 12.4. The van der Waals surface area contributed by atoms with Gasteiger partial charge in [0.15, 0.2) is 0 Å². The second kappa shape index (κ2) is 5.16. The number of aliphatic hydroxyl groups excluding tert-OH is 1. The third kappa shape index (κ3) is 2.15. The van der Waals surface area contributed by atoms with E-state index in [1.54, 1.807) is 0 Å². The van der Waals surface area contributed by atoms with Crippen molar-refractivity contribution in [3.05, 3.63) is 34.5 Å². The second-order valence-electron chi connectivity index (χ2n) is 5.47. The fourth-order valence-corrected chi connectivity index (χ4v) is 4.46.